The molecule has 3 rings (SSSR count). The van der Waals surface area contributed by atoms with E-state index in [9.17, 15) is 4.39 Å². The van der Waals surface area contributed by atoms with Crippen molar-refractivity contribution in [1.29, 1.82) is 0 Å². The molecule has 1 aromatic carbocycles. The highest BCUT2D eigenvalue weighted by Crippen LogP contribution is 2.41. The number of nitrogens with zero attached hydrogens (tertiary/aromatic N) is 2. The number of piperazine rings is 1. The van der Waals surface area contributed by atoms with Gasteiger partial charge in [0.1, 0.15) is 5.82 Å². The molecule has 1 saturated heterocycles. The second kappa shape index (κ2) is 8.77. The highest BCUT2D eigenvalue weighted by Gasteiger charge is 2.28. The number of benzene rings is 1. The van der Waals surface area contributed by atoms with Gasteiger partial charge in [0.25, 0.3) is 0 Å². The van der Waals surface area contributed by atoms with Crippen LogP contribution in [0.2, 0.25) is 0 Å². The second-order valence-corrected chi connectivity index (χ2v) is 9.41. The first-order valence-corrected chi connectivity index (χ1v) is 10.8. The fourth-order valence-corrected chi connectivity index (χ4v) is 4.50. The third-order valence-corrected chi connectivity index (χ3v) is 6.48. The molecule has 0 radical (unpaired) electrons. The SMILES string of the molecule is CCCCN1CCN(c2cc(F)ccc2C2=CCC(C(C)(C)C)CC2)CC1. The maximum absolute atomic E-state index is 14.1. The minimum atomic E-state index is -0.119. The Morgan fingerprint density at radius 3 is 2.44 bits per heavy atom. The summed E-state index contributed by atoms with van der Waals surface area (Å²) in [5.41, 5.74) is 4.14. The van der Waals surface area contributed by atoms with Gasteiger partial charge in [-0.3, -0.25) is 4.90 Å². The van der Waals surface area contributed by atoms with E-state index >= 15 is 0 Å². The van der Waals surface area contributed by atoms with E-state index in [0.29, 0.717) is 5.41 Å². The van der Waals surface area contributed by atoms with E-state index in [1.807, 2.05) is 6.07 Å². The fourth-order valence-electron chi connectivity index (χ4n) is 4.50. The summed E-state index contributed by atoms with van der Waals surface area (Å²) in [6, 6.07) is 5.40. The van der Waals surface area contributed by atoms with Gasteiger partial charge in [-0.25, -0.2) is 4.39 Å². The van der Waals surface area contributed by atoms with Crippen LogP contribution in [0, 0.1) is 17.2 Å². The molecule has 27 heavy (non-hydrogen) atoms. The van der Waals surface area contributed by atoms with Crippen molar-refractivity contribution in [3.8, 4) is 0 Å². The monoisotopic (exact) mass is 372 g/mol. The molecule has 0 amide bonds. The largest absolute Gasteiger partial charge is 0.368 e. The van der Waals surface area contributed by atoms with E-state index in [0.717, 1.165) is 50.6 Å². The van der Waals surface area contributed by atoms with E-state index < -0.39 is 0 Å². The van der Waals surface area contributed by atoms with Crippen LogP contribution in [0.4, 0.5) is 10.1 Å². The van der Waals surface area contributed by atoms with Gasteiger partial charge in [-0.15, -0.1) is 0 Å². The third-order valence-electron chi connectivity index (χ3n) is 6.48. The summed E-state index contributed by atoms with van der Waals surface area (Å²) in [6.07, 6.45) is 8.42. The van der Waals surface area contributed by atoms with Crippen LogP contribution < -0.4 is 4.90 Å². The van der Waals surface area contributed by atoms with Gasteiger partial charge in [-0.1, -0.05) is 40.2 Å². The molecule has 0 bridgehead atoms. The molecule has 1 aromatic rings. The Bertz CT molecular complexity index is 651. The molecule has 0 spiro atoms. The predicted molar refractivity (Wildman–Crippen MR) is 115 cm³/mol. The average molecular weight is 373 g/mol. The van der Waals surface area contributed by atoms with Crippen molar-refractivity contribution in [2.24, 2.45) is 11.3 Å². The van der Waals surface area contributed by atoms with E-state index in [1.165, 1.54) is 36.9 Å². The van der Waals surface area contributed by atoms with Crippen LogP contribution in [0.25, 0.3) is 5.57 Å². The van der Waals surface area contributed by atoms with Gasteiger partial charge < -0.3 is 4.90 Å². The lowest BCUT2D eigenvalue weighted by Gasteiger charge is -2.38. The van der Waals surface area contributed by atoms with Crippen LogP contribution in [0.15, 0.2) is 24.3 Å². The first-order valence-electron chi connectivity index (χ1n) is 10.8. The lowest BCUT2D eigenvalue weighted by Crippen LogP contribution is -2.46. The number of allylic oxidation sites excluding steroid dienone is 2. The molecular formula is C24H37FN2. The Labute approximate surface area is 165 Å². The average Bonchev–Trinajstić information content (AvgIpc) is 2.66. The molecule has 1 heterocycles. The van der Waals surface area contributed by atoms with E-state index in [-0.39, 0.29) is 5.82 Å². The zero-order valence-electron chi connectivity index (χ0n) is 17.7. The van der Waals surface area contributed by atoms with Crippen molar-refractivity contribution in [3.63, 3.8) is 0 Å². The van der Waals surface area contributed by atoms with Gasteiger partial charge >= 0.3 is 0 Å². The Kier molecular flexibility index (Phi) is 6.62. The van der Waals surface area contributed by atoms with Crippen molar-refractivity contribution in [3.05, 3.63) is 35.7 Å². The summed E-state index contributed by atoms with van der Waals surface area (Å²) in [5.74, 6) is 0.624. The predicted octanol–water partition coefficient (Wildman–Crippen LogP) is 5.98. The van der Waals surface area contributed by atoms with Crippen LogP contribution in [0.5, 0.6) is 0 Å². The van der Waals surface area contributed by atoms with Gasteiger partial charge in [0.15, 0.2) is 0 Å². The summed E-state index contributed by atoms with van der Waals surface area (Å²) in [7, 11) is 0. The van der Waals surface area contributed by atoms with Gasteiger partial charge in [-0.05, 0) is 67.3 Å². The fraction of sp³-hybridized carbons (Fsp3) is 0.667. The first kappa shape index (κ1) is 20.4. The number of anilines is 1. The second-order valence-electron chi connectivity index (χ2n) is 9.41. The lowest BCUT2D eigenvalue weighted by atomic mass is 9.72. The Morgan fingerprint density at radius 2 is 1.85 bits per heavy atom. The number of hydrogen-bond donors (Lipinski definition) is 0. The van der Waals surface area contributed by atoms with Gasteiger partial charge in [0.2, 0.25) is 0 Å². The highest BCUT2D eigenvalue weighted by molar-refractivity contribution is 5.77. The van der Waals surface area contributed by atoms with Crippen molar-refractivity contribution < 1.29 is 4.39 Å². The van der Waals surface area contributed by atoms with E-state index in [2.05, 4.69) is 43.6 Å². The molecule has 1 fully saturated rings. The molecule has 1 unspecified atom stereocenters. The zero-order chi connectivity index (χ0) is 19.4. The van der Waals surface area contributed by atoms with Crippen LogP contribution in [-0.2, 0) is 0 Å². The smallest absolute Gasteiger partial charge is 0.125 e. The normalized spacial score (nSPS) is 22.0. The highest BCUT2D eigenvalue weighted by atomic mass is 19.1. The third kappa shape index (κ3) is 5.13. The summed E-state index contributed by atoms with van der Waals surface area (Å²) in [4.78, 5) is 4.95. The van der Waals surface area contributed by atoms with Crippen LogP contribution >= 0.6 is 0 Å². The molecular weight excluding hydrogens is 335 g/mol. The van der Waals surface area contributed by atoms with Gasteiger partial charge in [0, 0.05) is 37.4 Å². The zero-order valence-corrected chi connectivity index (χ0v) is 17.7. The minimum Gasteiger partial charge on any atom is -0.368 e. The molecule has 0 N–H and O–H groups in total. The van der Waals surface area contributed by atoms with Crippen molar-refractivity contribution in [1.82, 2.24) is 4.90 Å². The summed E-state index contributed by atoms with van der Waals surface area (Å²) in [5, 5.41) is 0. The molecule has 0 aromatic heterocycles. The van der Waals surface area contributed by atoms with E-state index in [1.54, 1.807) is 12.1 Å². The molecule has 150 valence electrons. The molecule has 2 aliphatic rings. The molecule has 2 nitrogen and oxygen atoms in total. The quantitative estimate of drug-likeness (QED) is 0.627. The Morgan fingerprint density at radius 1 is 1.11 bits per heavy atom. The van der Waals surface area contributed by atoms with Gasteiger partial charge in [0.05, 0.1) is 0 Å². The molecule has 1 aliphatic heterocycles. The topological polar surface area (TPSA) is 6.48 Å². The Balaban J connectivity index is 1.74. The number of rotatable bonds is 5. The number of hydrogen-bond acceptors (Lipinski definition) is 2. The summed E-state index contributed by atoms with van der Waals surface area (Å²) < 4.78 is 14.1. The lowest BCUT2D eigenvalue weighted by molar-refractivity contribution is 0.225. The molecule has 0 saturated carbocycles. The number of unbranched alkanes of at least 4 members (excludes halogenated alkanes) is 1. The van der Waals surface area contributed by atoms with Crippen LogP contribution in [0.1, 0.15) is 65.4 Å². The van der Waals surface area contributed by atoms with Crippen LogP contribution in [-0.4, -0.2) is 37.6 Å². The Hall–Kier alpha value is -1.35. The summed E-state index contributed by atoms with van der Waals surface area (Å²) in [6.45, 7) is 14.6. The maximum atomic E-state index is 14.1. The van der Waals surface area contributed by atoms with E-state index in [4.69, 9.17) is 0 Å². The maximum Gasteiger partial charge on any atom is 0.125 e. The first-order chi connectivity index (χ1) is 12.9. The van der Waals surface area contributed by atoms with Gasteiger partial charge in [-0.2, -0.15) is 0 Å². The van der Waals surface area contributed by atoms with Crippen molar-refractivity contribution in [2.45, 2.75) is 59.8 Å². The molecule has 1 atom stereocenters. The van der Waals surface area contributed by atoms with Crippen molar-refractivity contribution >= 4 is 11.3 Å². The summed E-state index contributed by atoms with van der Waals surface area (Å²) >= 11 is 0. The molecule has 1 aliphatic carbocycles. The van der Waals surface area contributed by atoms with Crippen LogP contribution in [0.3, 0.4) is 0 Å². The molecule has 3 heteroatoms. The van der Waals surface area contributed by atoms with Crippen molar-refractivity contribution in [2.75, 3.05) is 37.6 Å². The standard InChI is InChI=1S/C24H37FN2/c1-5-6-13-26-14-16-27(17-15-26)23-18-21(25)11-12-22(23)19-7-9-20(10-8-19)24(2,3)4/h7,11-12,18,20H,5-6,8-10,13-17H2,1-4H3. The minimum absolute atomic E-state index is 0.119. The number of halogens is 1.